The molecule has 0 spiro atoms. The van der Waals surface area contributed by atoms with Gasteiger partial charge < -0.3 is 14.2 Å². The SMILES string of the molecule is BN1CCC(CCc2noc3c(CN(C)C)c(/C=C\C4CC4)ccc23)CC1. The highest BCUT2D eigenvalue weighted by atomic mass is 16.5. The minimum Gasteiger partial charge on any atom is -0.356 e. The first-order valence-electron chi connectivity index (χ1n) is 10.5. The average Bonchev–Trinajstić information content (AvgIpc) is 3.39. The summed E-state index contributed by atoms with van der Waals surface area (Å²) in [7, 11) is 6.46. The minimum atomic E-state index is 0.785. The highest BCUT2D eigenvalue weighted by molar-refractivity contribution is 6.04. The zero-order valence-electron chi connectivity index (χ0n) is 17.1. The van der Waals surface area contributed by atoms with Crippen molar-refractivity contribution in [1.29, 1.82) is 0 Å². The quantitative estimate of drug-likeness (QED) is 0.703. The third-order valence-electron chi connectivity index (χ3n) is 6.13. The number of aromatic nitrogens is 1. The molecule has 0 amide bonds. The van der Waals surface area contributed by atoms with Gasteiger partial charge in [-0.25, -0.2) is 0 Å². The van der Waals surface area contributed by atoms with Crippen molar-refractivity contribution in [2.24, 2.45) is 11.8 Å². The molecule has 5 heteroatoms. The smallest absolute Gasteiger partial charge is 0.185 e. The number of allylic oxidation sites excluding steroid dienone is 1. The Morgan fingerprint density at radius 2 is 2.00 bits per heavy atom. The number of hydrogen-bond acceptors (Lipinski definition) is 4. The fourth-order valence-electron chi connectivity index (χ4n) is 4.16. The first-order valence-corrected chi connectivity index (χ1v) is 10.5. The first-order chi connectivity index (χ1) is 13.1. The van der Waals surface area contributed by atoms with Crippen LogP contribution in [0.3, 0.4) is 0 Å². The molecule has 27 heavy (non-hydrogen) atoms. The molecule has 0 atom stereocenters. The molecule has 2 aliphatic rings. The van der Waals surface area contributed by atoms with Gasteiger partial charge in [0.25, 0.3) is 0 Å². The van der Waals surface area contributed by atoms with Crippen LogP contribution in [0.2, 0.25) is 0 Å². The van der Waals surface area contributed by atoms with Gasteiger partial charge in [-0.2, -0.15) is 0 Å². The Hall–Kier alpha value is -1.59. The summed E-state index contributed by atoms with van der Waals surface area (Å²) in [5.74, 6) is 1.61. The van der Waals surface area contributed by atoms with E-state index < -0.39 is 0 Å². The Labute approximate surface area is 164 Å². The molecular formula is C22H32BN3O. The van der Waals surface area contributed by atoms with Crippen LogP contribution in [0.25, 0.3) is 17.0 Å². The second kappa shape index (κ2) is 8.20. The molecule has 2 heterocycles. The molecule has 4 nitrogen and oxygen atoms in total. The zero-order valence-corrected chi connectivity index (χ0v) is 17.1. The molecule has 144 valence electrons. The summed E-state index contributed by atoms with van der Waals surface area (Å²) in [6.45, 7) is 3.34. The van der Waals surface area contributed by atoms with Gasteiger partial charge in [0.2, 0.25) is 0 Å². The normalized spacial score (nSPS) is 19.7. The Balaban J connectivity index is 1.54. The van der Waals surface area contributed by atoms with Crippen molar-refractivity contribution in [2.75, 3.05) is 27.2 Å². The third kappa shape index (κ3) is 4.64. The topological polar surface area (TPSA) is 32.5 Å². The summed E-state index contributed by atoms with van der Waals surface area (Å²) in [5, 5.41) is 5.69. The van der Waals surface area contributed by atoms with E-state index in [1.165, 1.54) is 61.7 Å². The van der Waals surface area contributed by atoms with E-state index in [1.54, 1.807) is 0 Å². The summed E-state index contributed by atoms with van der Waals surface area (Å²) in [6.07, 6.45) is 12.2. The molecule has 0 radical (unpaired) electrons. The molecule has 1 saturated heterocycles. The monoisotopic (exact) mass is 365 g/mol. The molecule has 4 rings (SSSR count). The Morgan fingerprint density at radius 3 is 2.70 bits per heavy atom. The predicted molar refractivity (Wildman–Crippen MR) is 114 cm³/mol. The lowest BCUT2D eigenvalue weighted by Crippen LogP contribution is -2.31. The third-order valence-corrected chi connectivity index (χ3v) is 6.13. The van der Waals surface area contributed by atoms with E-state index in [1.807, 2.05) is 0 Å². The van der Waals surface area contributed by atoms with E-state index in [9.17, 15) is 0 Å². The Morgan fingerprint density at radius 1 is 1.22 bits per heavy atom. The second-order valence-corrected chi connectivity index (χ2v) is 8.86. The van der Waals surface area contributed by atoms with E-state index >= 15 is 0 Å². The number of aryl methyl sites for hydroxylation is 1. The maximum absolute atomic E-state index is 5.88. The van der Waals surface area contributed by atoms with Gasteiger partial charge in [0.1, 0.15) is 0 Å². The van der Waals surface area contributed by atoms with Crippen molar-refractivity contribution in [1.82, 2.24) is 14.9 Å². The standard InChI is InChI=1S/C22H32BN3O/c1-25(2)15-20-18(7-5-16-3-4-16)8-9-19-21(24-27-22(19)20)10-6-17-11-13-26(23)14-12-17/h5,7-9,16-17H,3-4,6,10-15,23H2,1-2H3/b7-5-. The lowest BCUT2D eigenvalue weighted by molar-refractivity contribution is 0.270. The van der Waals surface area contributed by atoms with Crippen LogP contribution in [-0.2, 0) is 13.0 Å². The highest BCUT2D eigenvalue weighted by Gasteiger charge is 2.20. The molecule has 0 bridgehead atoms. The molecule has 0 N–H and O–H groups in total. The summed E-state index contributed by atoms with van der Waals surface area (Å²) in [6, 6.07) is 4.48. The maximum atomic E-state index is 5.88. The van der Waals surface area contributed by atoms with E-state index in [-0.39, 0.29) is 0 Å². The van der Waals surface area contributed by atoms with E-state index in [2.05, 4.69) is 61.2 Å². The number of rotatable bonds is 7. The van der Waals surface area contributed by atoms with Gasteiger partial charge in [0, 0.05) is 17.5 Å². The highest BCUT2D eigenvalue weighted by Crippen LogP contribution is 2.33. The molecular weight excluding hydrogens is 333 g/mol. The van der Waals surface area contributed by atoms with Crippen LogP contribution in [-0.4, -0.2) is 50.0 Å². The van der Waals surface area contributed by atoms with Gasteiger partial charge in [0.05, 0.1) is 5.69 Å². The zero-order chi connectivity index (χ0) is 18.8. The predicted octanol–water partition coefficient (Wildman–Crippen LogP) is 3.51. The fraction of sp³-hybridized carbons (Fsp3) is 0.591. The molecule has 1 aliphatic heterocycles. The summed E-state index contributed by atoms with van der Waals surface area (Å²) in [5.41, 5.74) is 4.68. The lowest BCUT2D eigenvalue weighted by Gasteiger charge is -2.29. The van der Waals surface area contributed by atoms with E-state index in [0.29, 0.717) is 0 Å². The molecule has 1 aromatic heterocycles. The number of nitrogens with zero attached hydrogens (tertiary/aromatic N) is 3. The largest absolute Gasteiger partial charge is 0.356 e. The Bertz CT molecular complexity index is 801. The van der Waals surface area contributed by atoms with Crippen LogP contribution in [0.4, 0.5) is 0 Å². The van der Waals surface area contributed by atoms with Gasteiger partial charge in [0.15, 0.2) is 13.6 Å². The molecule has 2 aromatic rings. The van der Waals surface area contributed by atoms with Gasteiger partial charge >= 0.3 is 0 Å². The average molecular weight is 365 g/mol. The maximum Gasteiger partial charge on any atom is 0.185 e. The number of hydrogen-bond donors (Lipinski definition) is 0. The van der Waals surface area contributed by atoms with Crippen LogP contribution in [0.1, 0.15) is 48.9 Å². The second-order valence-electron chi connectivity index (χ2n) is 8.86. The summed E-state index contributed by atoms with van der Waals surface area (Å²) >= 11 is 0. The van der Waals surface area contributed by atoms with Gasteiger partial charge in [-0.3, -0.25) is 0 Å². The molecule has 2 fully saturated rings. The minimum absolute atomic E-state index is 0.785. The van der Waals surface area contributed by atoms with Crippen LogP contribution in [0, 0.1) is 11.8 Å². The molecule has 1 aromatic carbocycles. The van der Waals surface area contributed by atoms with Crippen LogP contribution < -0.4 is 0 Å². The first kappa shape index (κ1) is 18.8. The van der Waals surface area contributed by atoms with Crippen molar-refractivity contribution in [3.8, 4) is 0 Å². The van der Waals surface area contributed by atoms with Gasteiger partial charge in [-0.1, -0.05) is 23.4 Å². The lowest BCUT2D eigenvalue weighted by atomic mass is 9.90. The van der Waals surface area contributed by atoms with Crippen LogP contribution in [0.15, 0.2) is 22.7 Å². The van der Waals surface area contributed by atoms with Crippen molar-refractivity contribution < 1.29 is 4.52 Å². The summed E-state index contributed by atoms with van der Waals surface area (Å²) < 4.78 is 5.88. The van der Waals surface area contributed by atoms with Crippen molar-refractivity contribution in [3.63, 3.8) is 0 Å². The fourth-order valence-corrected chi connectivity index (χ4v) is 4.16. The molecule has 0 unspecified atom stereocenters. The van der Waals surface area contributed by atoms with E-state index in [4.69, 9.17) is 4.52 Å². The van der Waals surface area contributed by atoms with Crippen molar-refractivity contribution >= 4 is 25.0 Å². The molecule has 1 aliphatic carbocycles. The van der Waals surface area contributed by atoms with Gasteiger partial charge in [-0.15, -0.1) is 0 Å². The number of piperidine rings is 1. The van der Waals surface area contributed by atoms with Crippen LogP contribution in [0.5, 0.6) is 0 Å². The van der Waals surface area contributed by atoms with Crippen molar-refractivity contribution in [3.05, 3.63) is 35.0 Å². The number of fused-ring (bicyclic) bond motifs is 1. The van der Waals surface area contributed by atoms with E-state index in [0.717, 1.165) is 36.1 Å². The van der Waals surface area contributed by atoms with Crippen molar-refractivity contribution in [2.45, 2.75) is 45.1 Å². The van der Waals surface area contributed by atoms with Gasteiger partial charge in [-0.05, 0) is 89.2 Å². The summed E-state index contributed by atoms with van der Waals surface area (Å²) in [4.78, 5) is 4.65. The molecule has 1 saturated carbocycles. The van der Waals surface area contributed by atoms with Crippen LogP contribution >= 0.6 is 0 Å². The Kier molecular flexibility index (Phi) is 5.70. The number of benzene rings is 1.